The molecule has 2 aromatic rings. The largest absolute Gasteiger partial charge is 0.345 e. The van der Waals surface area contributed by atoms with Gasteiger partial charge >= 0.3 is 0 Å². The van der Waals surface area contributed by atoms with Crippen LogP contribution in [-0.2, 0) is 11.3 Å². The Morgan fingerprint density at radius 2 is 2.09 bits per heavy atom. The predicted molar refractivity (Wildman–Crippen MR) is 96.9 cm³/mol. The number of amides is 1. The molecule has 0 saturated carbocycles. The molecule has 0 radical (unpaired) electrons. The minimum absolute atomic E-state index is 0.00450. The summed E-state index contributed by atoms with van der Waals surface area (Å²) in [5.41, 5.74) is 1.11. The van der Waals surface area contributed by atoms with E-state index >= 15 is 0 Å². The molecule has 3 nitrogen and oxygen atoms in total. The van der Waals surface area contributed by atoms with Gasteiger partial charge in [0.25, 0.3) is 5.91 Å². The number of hydrogen-bond donors (Lipinski definition) is 2. The zero-order chi connectivity index (χ0) is 16.7. The van der Waals surface area contributed by atoms with Crippen LogP contribution in [-0.4, -0.2) is 19.0 Å². The maximum Gasteiger partial charge on any atom is 0.275 e. The van der Waals surface area contributed by atoms with Crippen LogP contribution in [0.2, 0.25) is 4.34 Å². The van der Waals surface area contributed by atoms with Crippen molar-refractivity contribution in [2.75, 3.05) is 13.1 Å². The SMILES string of the molecule is C=CC[NH+](CC(=O)N[C@H](C)c1ccccc1)Cc1ccc(Cl)s1. The molecule has 1 heterocycles. The lowest BCUT2D eigenvalue weighted by atomic mass is 10.1. The van der Waals surface area contributed by atoms with Gasteiger partial charge in [-0.15, -0.1) is 11.3 Å². The van der Waals surface area contributed by atoms with Crippen molar-refractivity contribution < 1.29 is 9.69 Å². The van der Waals surface area contributed by atoms with Crippen LogP contribution in [0.3, 0.4) is 0 Å². The molecule has 2 rings (SSSR count). The van der Waals surface area contributed by atoms with Crippen molar-refractivity contribution in [1.29, 1.82) is 0 Å². The molecule has 0 fully saturated rings. The minimum Gasteiger partial charge on any atom is -0.345 e. The smallest absolute Gasteiger partial charge is 0.275 e. The van der Waals surface area contributed by atoms with Crippen LogP contribution >= 0.6 is 22.9 Å². The fraction of sp³-hybridized carbons (Fsp3) is 0.278. The van der Waals surface area contributed by atoms with E-state index in [0.717, 1.165) is 27.9 Å². The van der Waals surface area contributed by atoms with Crippen LogP contribution in [0.1, 0.15) is 23.4 Å². The number of quaternary nitrogens is 1. The van der Waals surface area contributed by atoms with Gasteiger partial charge in [0, 0.05) is 0 Å². The molecule has 5 heteroatoms. The molecule has 23 heavy (non-hydrogen) atoms. The maximum atomic E-state index is 12.3. The van der Waals surface area contributed by atoms with E-state index in [9.17, 15) is 4.79 Å². The van der Waals surface area contributed by atoms with Crippen LogP contribution in [0, 0.1) is 0 Å². The van der Waals surface area contributed by atoms with E-state index < -0.39 is 0 Å². The first-order valence-electron chi connectivity index (χ1n) is 7.61. The van der Waals surface area contributed by atoms with Gasteiger partial charge in [0.1, 0.15) is 6.54 Å². The van der Waals surface area contributed by atoms with E-state index in [1.165, 1.54) is 4.88 Å². The number of hydrogen-bond acceptors (Lipinski definition) is 2. The number of carbonyl (C=O) groups excluding carboxylic acids is 1. The van der Waals surface area contributed by atoms with Crippen LogP contribution in [0.25, 0.3) is 0 Å². The van der Waals surface area contributed by atoms with Crippen molar-refractivity contribution in [3.05, 3.63) is 69.9 Å². The van der Waals surface area contributed by atoms with Gasteiger partial charge in [-0.05, 0) is 30.7 Å². The Morgan fingerprint density at radius 1 is 1.35 bits per heavy atom. The predicted octanol–water partition coefficient (Wildman–Crippen LogP) is 2.85. The summed E-state index contributed by atoms with van der Waals surface area (Å²) in [4.78, 5) is 14.6. The fourth-order valence-electron chi connectivity index (χ4n) is 2.45. The zero-order valence-electron chi connectivity index (χ0n) is 13.2. The quantitative estimate of drug-likeness (QED) is 0.706. The molecule has 1 aromatic heterocycles. The summed E-state index contributed by atoms with van der Waals surface area (Å²) >= 11 is 7.53. The topological polar surface area (TPSA) is 33.5 Å². The summed E-state index contributed by atoms with van der Waals surface area (Å²) in [7, 11) is 0. The van der Waals surface area contributed by atoms with Crippen molar-refractivity contribution >= 4 is 28.8 Å². The zero-order valence-corrected chi connectivity index (χ0v) is 14.8. The van der Waals surface area contributed by atoms with E-state index in [1.807, 2.05) is 55.5 Å². The summed E-state index contributed by atoms with van der Waals surface area (Å²) in [5, 5.41) is 3.06. The summed E-state index contributed by atoms with van der Waals surface area (Å²) in [6.45, 7) is 7.72. The van der Waals surface area contributed by atoms with Crippen molar-refractivity contribution in [3.8, 4) is 0 Å². The van der Waals surface area contributed by atoms with Gasteiger partial charge in [0.15, 0.2) is 6.54 Å². The second-order valence-corrected chi connectivity index (χ2v) is 7.30. The lowest BCUT2D eigenvalue weighted by Crippen LogP contribution is -3.11. The number of nitrogens with one attached hydrogen (secondary N) is 2. The lowest BCUT2D eigenvalue weighted by Gasteiger charge is -2.19. The highest BCUT2D eigenvalue weighted by Gasteiger charge is 2.17. The van der Waals surface area contributed by atoms with Gasteiger partial charge in [-0.1, -0.05) is 48.5 Å². The molecular formula is C18H22ClN2OS+. The van der Waals surface area contributed by atoms with Gasteiger partial charge in [0.2, 0.25) is 0 Å². The molecule has 0 aliphatic rings. The summed E-state index contributed by atoms with van der Waals surface area (Å²) in [6, 6.07) is 13.9. The monoisotopic (exact) mass is 349 g/mol. The number of carbonyl (C=O) groups is 1. The first-order chi connectivity index (χ1) is 11.1. The lowest BCUT2D eigenvalue weighted by molar-refractivity contribution is -0.899. The summed E-state index contributed by atoms with van der Waals surface area (Å²) in [6.07, 6.45) is 1.85. The first kappa shape index (κ1) is 17.7. The Kier molecular flexibility index (Phi) is 6.84. The molecule has 0 spiro atoms. The minimum atomic E-state index is 0.00450. The Labute approximate surface area is 146 Å². The summed E-state index contributed by atoms with van der Waals surface area (Å²) < 4.78 is 0.778. The number of halogens is 1. The van der Waals surface area contributed by atoms with Crippen molar-refractivity contribution in [3.63, 3.8) is 0 Å². The van der Waals surface area contributed by atoms with E-state index in [2.05, 4.69) is 11.9 Å². The number of benzene rings is 1. The Balaban J connectivity index is 1.91. The van der Waals surface area contributed by atoms with Gasteiger partial charge < -0.3 is 10.2 Å². The molecule has 0 aliphatic heterocycles. The van der Waals surface area contributed by atoms with E-state index in [1.54, 1.807) is 11.3 Å². The Morgan fingerprint density at radius 3 is 2.70 bits per heavy atom. The van der Waals surface area contributed by atoms with Crippen LogP contribution in [0.15, 0.2) is 55.1 Å². The van der Waals surface area contributed by atoms with E-state index in [0.29, 0.717) is 6.54 Å². The summed E-state index contributed by atoms with van der Waals surface area (Å²) in [5.74, 6) is 0.0425. The average Bonchev–Trinajstić information content (AvgIpc) is 2.93. The number of thiophene rings is 1. The van der Waals surface area contributed by atoms with Gasteiger partial charge in [-0.25, -0.2) is 0 Å². The van der Waals surface area contributed by atoms with Crippen molar-refractivity contribution in [2.24, 2.45) is 0 Å². The fourth-order valence-corrected chi connectivity index (χ4v) is 3.61. The highest BCUT2D eigenvalue weighted by Crippen LogP contribution is 2.20. The third-order valence-corrected chi connectivity index (χ3v) is 4.80. The molecule has 1 unspecified atom stereocenters. The molecule has 1 aromatic carbocycles. The standard InChI is InChI=1S/C18H21ClN2OS/c1-3-11-21(12-16-9-10-17(19)23-16)13-18(22)20-14(2)15-7-5-4-6-8-15/h3-10,14H,1,11-13H2,2H3,(H,20,22)/p+1/t14-/m1/s1. The molecule has 0 aliphatic carbocycles. The Hall–Kier alpha value is -1.62. The highest BCUT2D eigenvalue weighted by atomic mass is 35.5. The second-order valence-electron chi connectivity index (χ2n) is 5.50. The van der Waals surface area contributed by atoms with Crippen LogP contribution < -0.4 is 10.2 Å². The van der Waals surface area contributed by atoms with Crippen molar-refractivity contribution in [2.45, 2.75) is 19.5 Å². The van der Waals surface area contributed by atoms with Crippen molar-refractivity contribution in [1.82, 2.24) is 5.32 Å². The normalized spacial score (nSPS) is 13.3. The molecule has 2 N–H and O–H groups in total. The maximum absolute atomic E-state index is 12.3. The third kappa shape index (κ3) is 5.82. The van der Waals surface area contributed by atoms with E-state index in [4.69, 9.17) is 11.6 Å². The molecule has 2 atom stereocenters. The third-order valence-electron chi connectivity index (χ3n) is 3.57. The van der Waals surface area contributed by atoms with Gasteiger partial charge in [0.05, 0.1) is 21.8 Å². The first-order valence-corrected chi connectivity index (χ1v) is 8.81. The molecular weight excluding hydrogens is 328 g/mol. The van der Waals surface area contributed by atoms with Crippen LogP contribution in [0.4, 0.5) is 0 Å². The highest BCUT2D eigenvalue weighted by molar-refractivity contribution is 7.16. The molecule has 0 saturated heterocycles. The molecule has 122 valence electrons. The van der Waals surface area contributed by atoms with E-state index in [-0.39, 0.29) is 11.9 Å². The second kappa shape index (κ2) is 8.87. The molecule has 1 amide bonds. The van der Waals surface area contributed by atoms with Crippen LogP contribution in [0.5, 0.6) is 0 Å². The van der Waals surface area contributed by atoms with Gasteiger partial charge in [-0.2, -0.15) is 0 Å². The average molecular weight is 350 g/mol. The Bertz CT molecular complexity index is 641. The number of rotatable bonds is 8. The van der Waals surface area contributed by atoms with Gasteiger partial charge in [-0.3, -0.25) is 4.79 Å². The molecule has 0 bridgehead atoms.